The summed E-state index contributed by atoms with van der Waals surface area (Å²) >= 11 is 0. The summed E-state index contributed by atoms with van der Waals surface area (Å²) < 4.78 is 0. The summed E-state index contributed by atoms with van der Waals surface area (Å²) in [5.41, 5.74) is 3.78. The van der Waals surface area contributed by atoms with E-state index in [4.69, 9.17) is 0 Å². The maximum Gasteiger partial charge on any atom is 0.129 e. The molecule has 6 nitrogen and oxygen atoms in total. The van der Waals surface area contributed by atoms with Crippen molar-refractivity contribution in [1.82, 2.24) is 25.1 Å². The summed E-state index contributed by atoms with van der Waals surface area (Å²) in [4.78, 5) is 11.0. The smallest absolute Gasteiger partial charge is 0.129 e. The van der Waals surface area contributed by atoms with Crippen LogP contribution in [0.5, 0.6) is 0 Å². The van der Waals surface area contributed by atoms with Crippen LogP contribution in [0, 0.1) is 6.92 Å². The average molecular weight is 312 g/mol. The van der Waals surface area contributed by atoms with Gasteiger partial charge < -0.3 is 5.32 Å². The third-order valence-electron chi connectivity index (χ3n) is 4.87. The number of rotatable bonds is 5. The molecule has 2 aromatic rings. The van der Waals surface area contributed by atoms with E-state index in [0.29, 0.717) is 6.04 Å². The maximum atomic E-state index is 4.30. The number of aromatic nitrogens is 4. The van der Waals surface area contributed by atoms with Crippen molar-refractivity contribution in [3.05, 3.63) is 35.5 Å². The topological polar surface area (TPSA) is 69.7 Å². The molecule has 2 fully saturated rings. The number of aromatic amines is 1. The van der Waals surface area contributed by atoms with Crippen molar-refractivity contribution >= 4 is 5.82 Å². The molecule has 2 aromatic heterocycles. The van der Waals surface area contributed by atoms with Gasteiger partial charge in [-0.05, 0) is 32.6 Å². The quantitative estimate of drug-likeness (QED) is 0.887. The number of nitrogens with one attached hydrogen (secondary N) is 2. The molecule has 23 heavy (non-hydrogen) atoms. The average Bonchev–Trinajstić information content (AvgIpc) is 3.29. The van der Waals surface area contributed by atoms with Crippen molar-refractivity contribution in [3.63, 3.8) is 0 Å². The highest BCUT2D eigenvalue weighted by Crippen LogP contribution is 2.40. The number of aryl methyl sites for hydroxylation is 1. The van der Waals surface area contributed by atoms with Crippen molar-refractivity contribution in [1.29, 1.82) is 0 Å². The van der Waals surface area contributed by atoms with Crippen LogP contribution in [-0.4, -0.2) is 44.2 Å². The number of piperidine rings is 1. The zero-order valence-corrected chi connectivity index (χ0v) is 13.6. The lowest BCUT2D eigenvalue weighted by atomic mass is 10.0. The van der Waals surface area contributed by atoms with Crippen LogP contribution >= 0.6 is 0 Å². The van der Waals surface area contributed by atoms with Gasteiger partial charge in [-0.25, -0.2) is 9.97 Å². The van der Waals surface area contributed by atoms with Gasteiger partial charge in [0.05, 0.1) is 6.20 Å². The highest BCUT2D eigenvalue weighted by Gasteiger charge is 2.28. The summed E-state index contributed by atoms with van der Waals surface area (Å²) in [5, 5.41) is 11.0. The van der Waals surface area contributed by atoms with Crippen molar-refractivity contribution < 1.29 is 0 Å². The van der Waals surface area contributed by atoms with Crippen LogP contribution in [0.1, 0.15) is 48.6 Å². The Morgan fingerprint density at radius 1 is 1.22 bits per heavy atom. The standard InChI is InChI=1S/C17H24N6/c1-12-8-16(19-11-18-12)21-15-4-6-23(7-5-15)10-14-9-20-22-17(14)13-2-3-13/h8-9,11,13,15H,2-7,10H2,1H3,(H,20,22)(H,18,19,21). The summed E-state index contributed by atoms with van der Waals surface area (Å²) in [6, 6.07) is 2.52. The maximum absolute atomic E-state index is 4.30. The Morgan fingerprint density at radius 2 is 2.04 bits per heavy atom. The van der Waals surface area contributed by atoms with E-state index in [1.807, 2.05) is 19.2 Å². The third kappa shape index (κ3) is 3.52. The fraction of sp³-hybridized carbons (Fsp3) is 0.588. The third-order valence-corrected chi connectivity index (χ3v) is 4.87. The van der Waals surface area contributed by atoms with E-state index in [0.717, 1.165) is 49.9 Å². The fourth-order valence-corrected chi connectivity index (χ4v) is 3.39. The predicted octanol–water partition coefficient (Wildman–Crippen LogP) is 2.46. The van der Waals surface area contributed by atoms with Crippen LogP contribution < -0.4 is 5.32 Å². The fourth-order valence-electron chi connectivity index (χ4n) is 3.39. The van der Waals surface area contributed by atoms with Gasteiger partial charge in [0, 0.05) is 54.6 Å². The molecule has 0 aromatic carbocycles. The van der Waals surface area contributed by atoms with Crippen LogP contribution in [0.3, 0.4) is 0 Å². The van der Waals surface area contributed by atoms with Gasteiger partial charge in [0.15, 0.2) is 0 Å². The molecule has 1 aliphatic carbocycles. The Morgan fingerprint density at radius 3 is 2.78 bits per heavy atom. The first-order valence-electron chi connectivity index (χ1n) is 8.57. The molecule has 1 saturated carbocycles. The molecule has 122 valence electrons. The van der Waals surface area contributed by atoms with Crippen LogP contribution in [0.2, 0.25) is 0 Å². The monoisotopic (exact) mass is 312 g/mol. The lowest BCUT2D eigenvalue weighted by Crippen LogP contribution is -2.38. The molecule has 4 rings (SSSR count). The number of hydrogen-bond acceptors (Lipinski definition) is 5. The molecule has 3 heterocycles. The molecule has 0 unspecified atom stereocenters. The second-order valence-electron chi connectivity index (χ2n) is 6.82. The first-order chi connectivity index (χ1) is 11.3. The molecule has 6 heteroatoms. The number of hydrogen-bond donors (Lipinski definition) is 2. The van der Waals surface area contributed by atoms with Crippen molar-refractivity contribution in [3.8, 4) is 0 Å². The minimum absolute atomic E-state index is 0.507. The van der Waals surface area contributed by atoms with E-state index in [9.17, 15) is 0 Å². The second-order valence-corrected chi connectivity index (χ2v) is 6.82. The molecule has 1 saturated heterocycles. The van der Waals surface area contributed by atoms with Crippen LogP contribution in [0.25, 0.3) is 0 Å². The summed E-state index contributed by atoms with van der Waals surface area (Å²) in [5.74, 6) is 1.69. The van der Waals surface area contributed by atoms with Crippen molar-refractivity contribution in [2.24, 2.45) is 0 Å². The van der Waals surface area contributed by atoms with Crippen LogP contribution in [-0.2, 0) is 6.54 Å². The lowest BCUT2D eigenvalue weighted by Gasteiger charge is -2.32. The normalized spacial score (nSPS) is 19.9. The minimum Gasteiger partial charge on any atom is -0.367 e. The van der Waals surface area contributed by atoms with Crippen molar-refractivity contribution in [2.45, 2.75) is 51.1 Å². The Balaban J connectivity index is 1.29. The summed E-state index contributed by atoms with van der Waals surface area (Å²) in [6.45, 7) is 5.27. The molecule has 0 spiro atoms. The number of likely N-dealkylation sites (tertiary alicyclic amines) is 1. The zero-order valence-electron chi connectivity index (χ0n) is 13.6. The molecule has 0 bridgehead atoms. The first-order valence-corrected chi connectivity index (χ1v) is 8.57. The first kappa shape index (κ1) is 14.6. The Labute approximate surface area is 136 Å². The van der Waals surface area contributed by atoms with E-state index in [1.165, 1.54) is 24.1 Å². The van der Waals surface area contributed by atoms with Crippen LogP contribution in [0.4, 0.5) is 5.82 Å². The molecule has 2 aliphatic rings. The molecule has 2 N–H and O–H groups in total. The predicted molar refractivity (Wildman–Crippen MR) is 89.3 cm³/mol. The van der Waals surface area contributed by atoms with Gasteiger partial charge >= 0.3 is 0 Å². The van der Waals surface area contributed by atoms with Crippen molar-refractivity contribution in [2.75, 3.05) is 18.4 Å². The molecule has 1 aliphatic heterocycles. The van der Waals surface area contributed by atoms with Gasteiger partial charge in [0.25, 0.3) is 0 Å². The molecule has 0 atom stereocenters. The van der Waals surface area contributed by atoms with E-state index in [1.54, 1.807) is 6.33 Å². The van der Waals surface area contributed by atoms with E-state index in [-0.39, 0.29) is 0 Å². The van der Waals surface area contributed by atoms with Gasteiger partial charge in [-0.2, -0.15) is 5.10 Å². The zero-order chi connectivity index (χ0) is 15.6. The highest BCUT2D eigenvalue weighted by molar-refractivity contribution is 5.35. The molecular formula is C17H24N6. The SMILES string of the molecule is Cc1cc(NC2CCN(Cc3cn[nH]c3C3CC3)CC2)ncn1. The van der Waals surface area contributed by atoms with E-state index < -0.39 is 0 Å². The summed E-state index contributed by atoms with van der Waals surface area (Å²) in [6.07, 6.45) is 8.59. The molecule has 0 radical (unpaired) electrons. The summed E-state index contributed by atoms with van der Waals surface area (Å²) in [7, 11) is 0. The van der Waals surface area contributed by atoms with E-state index in [2.05, 4.69) is 30.4 Å². The Hall–Kier alpha value is -1.95. The molecular weight excluding hydrogens is 288 g/mol. The minimum atomic E-state index is 0.507. The lowest BCUT2D eigenvalue weighted by molar-refractivity contribution is 0.210. The number of H-pyrrole nitrogens is 1. The Kier molecular flexibility index (Phi) is 3.99. The van der Waals surface area contributed by atoms with Gasteiger partial charge in [-0.3, -0.25) is 10.00 Å². The molecule has 0 amide bonds. The van der Waals surface area contributed by atoms with Gasteiger partial charge in [0.2, 0.25) is 0 Å². The number of anilines is 1. The largest absolute Gasteiger partial charge is 0.367 e. The van der Waals surface area contributed by atoms with Crippen LogP contribution in [0.15, 0.2) is 18.6 Å². The van der Waals surface area contributed by atoms with E-state index >= 15 is 0 Å². The Bertz CT molecular complexity index is 655. The second kappa shape index (κ2) is 6.28. The number of nitrogens with zero attached hydrogens (tertiary/aromatic N) is 4. The van der Waals surface area contributed by atoms with Gasteiger partial charge in [-0.1, -0.05) is 0 Å². The highest BCUT2D eigenvalue weighted by atomic mass is 15.2. The van der Waals surface area contributed by atoms with Gasteiger partial charge in [-0.15, -0.1) is 0 Å². The van der Waals surface area contributed by atoms with Gasteiger partial charge in [0.1, 0.15) is 12.1 Å².